The zero-order valence-electron chi connectivity index (χ0n) is 17.9. The second-order valence-electron chi connectivity index (χ2n) is 8.44. The van der Waals surface area contributed by atoms with Crippen molar-refractivity contribution in [2.24, 2.45) is 0 Å². The van der Waals surface area contributed by atoms with E-state index in [-0.39, 0.29) is 30.4 Å². The Hall–Kier alpha value is -2.45. The molecular formula is C23H33N3O5. The zero-order valence-corrected chi connectivity index (χ0v) is 17.9. The molecule has 0 aromatic heterocycles. The van der Waals surface area contributed by atoms with Crippen LogP contribution in [0.2, 0.25) is 0 Å². The molecule has 1 aromatic carbocycles. The first-order valence-corrected chi connectivity index (χ1v) is 11.2. The van der Waals surface area contributed by atoms with Gasteiger partial charge in [0.15, 0.2) is 0 Å². The first kappa shape index (κ1) is 23.2. The fourth-order valence-corrected chi connectivity index (χ4v) is 4.98. The molecule has 31 heavy (non-hydrogen) atoms. The van der Waals surface area contributed by atoms with E-state index in [9.17, 15) is 9.59 Å². The number of fused-ring (bicyclic) bond motifs is 1. The molecule has 3 aliphatic rings. The Morgan fingerprint density at radius 2 is 2.00 bits per heavy atom. The number of rotatable bonds is 6. The molecule has 3 fully saturated rings. The highest BCUT2D eigenvalue weighted by molar-refractivity contribution is 5.87. The molecule has 170 valence electrons. The Labute approximate surface area is 183 Å². The van der Waals surface area contributed by atoms with Gasteiger partial charge in [0.1, 0.15) is 11.6 Å². The minimum atomic E-state index is -0.469. The molecule has 0 bridgehead atoms. The summed E-state index contributed by atoms with van der Waals surface area (Å²) < 4.78 is 5.51. The summed E-state index contributed by atoms with van der Waals surface area (Å²) in [7, 11) is 0. The normalized spacial score (nSPS) is 27.5. The van der Waals surface area contributed by atoms with Gasteiger partial charge in [-0.05, 0) is 57.1 Å². The average molecular weight is 432 g/mol. The summed E-state index contributed by atoms with van der Waals surface area (Å²) in [4.78, 5) is 36.3. The van der Waals surface area contributed by atoms with Gasteiger partial charge in [-0.1, -0.05) is 30.3 Å². The van der Waals surface area contributed by atoms with Gasteiger partial charge < -0.3 is 20.5 Å². The van der Waals surface area contributed by atoms with Gasteiger partial charge in [-0.2, -0.15) is 0 Å². The van der Waals surface area contributed by atoms with Crippen LogP contribution in [-0.4, -0.2) is 72.2 Å². The number of hydrogen-bond donors (Lipinski definition) is 3. The Bertz CT molecular complexity index is 738. The maximum absolute atomic E-state index is 13.2. The predicted molar refractivity (Wildman–Crippen MR) is 116 cm³/mol. The quantitative estimate of drug-likeness (QED) is 0.587. The maximum atomic E-state index is 13.2. The lowest BCUT2D eigenvalue weighted by Crippen LogP contribution is -2.57. The van der Waals surface area contributed by atoms with E-state index in [2.05, 4.69) is 27.7 Å². The molecule has 0 aliphatic carbocycles. The van der Waals surface area contributed by atoms with Crippen molar-refractivity contribution < 1.29 is 24.2 Å². The lowest BCUT2D eigenvalue weighted by atomic mass is 9.84. The molecule has 0 radical (unpaired) electrons. The first-order valence-electron chi connectivity index (χ1n) is 11.2. The van der Waals surface area contributed by atoms with Crippen molar-refractivity contribution >= 4 is 18.3 Å². The van der Waals surface area contributed by atoms with Crippen LogP contribution < -0.4 is 10.6 Å². The van der Waals surface area contributed by atoms with Crippen LogP contribution in [0.1, 0.15) is 44.1 Å². The van der Waals surface area contributed by atoms with E-state index in [1.807, 2.05) is 18.2 Å². The molecule has 4 rings (SSSR count). The average Bonchev–Trinajstić information content (AvgIpc) is 3.43. The number of benzene rings is 1. The van der Waals surface area contributed by atoms with Gasteiger partial charge in [0.2, 0.25) is 11.8 Å². The Morgan fingerprint density at radius 1 is 1.23 bits per heavy atom. The minimum Gasteiger partial charge on any atom is -0.483 e. The van der Waals surface area contributed by atoms with Crippen molar-refractivity contribution in [3.05, 3.63) is 35.9 Å². The van der Waals surface area contributed by atoms with Crippen LogP contribution in [0.4, 0.5) is 0 Å². The van der Waals surface area contributed by atoms with Crippen molar-refractivity contribution in [2.75, 3.05) is 26.2 Å². The monoisotopic (exact) mass is 431 g/mol. The van der Waals surface area contributed by atoms with Crippen LogP contribution in [0.3, 0.4) is 0 Å². The molecule has 3 atom stereocenters. The summed E-state index contributed by atoms with van der Waals surface area (Å²) in [5, 5.41) is 13.2. The summed E-state index contributed by atoms with van der Waals surface area (Å²) in [6.07, 6.45) is 6.02. The number of carboxylic acid groups (broad SMARTS) is 1. The molecule has 2 amide bonds. The van der Waals surface area contributed by atoms with Crippen molar-refractivity contribution in [3.63, 3.8) is 0 Å². The lowest BCUT2D eigenvalue weighted by Gasteiger charge is -2.40. The second kappa shape index (κ2) is 11.2. The SMILES string of the molecule is O=C(N[C@@H]1CN2CCCC[C@]2(C(=O)NCCc2ccccc2)C1)[C@H]1CCCO1.O=CO. The molecule has 0 saturated carbocycles. The molecule has 1 aromatic rings. The Morgan fingerprint density at radius 3 is 2.71 bits per heavy atom. The van der Waals surface area contributed by atoms with Crippen LogP contribution in [0, 0.1) is 0 Å². The van der Waals surface area contributed by atoms with E-state index in [4.69, 9.17) is 14.6 Å². The molecular weight excluding hydrogens is 398 g/mol. The molecule has 3 heterocycles. The molecule has 3 saturated heterocycles. The Balaban J connectivity index is 0.000000858. The predicted octanol–water partition coefficient (Wildman–Crippen LogP) is 1.34. The van der Waals surface area contributed by atoms with Gasteiger partial charge >= 0.3 is 0 Å². The summed E-state index contributed by atoms with van der Waals surface area (Å²) in [5.74, 6) is 0.110. The van der Waals surface area contributed by atoms with Gasteiger partial charge in [0.05, 0.1) is 0 Å². The van der Waals surface area contributed by atoms with Gasteiger partial charge in [0, 0.05) is 25.7 Å². The van der Waals surface area contributed by atoms with Crippen LogP contribution in [0.5, 0.6) is 0 Å². The third-order valence-electron chi connectivity index (χ3n) is 6.43. The van der Waals surface area contributed by atoms with E-state index in [1.165, 1.54) is 5.56 Å². The molecule has 0 spiro atoms. The van der Waals surface area contributed by atoms with Crippen LogP contribution >= 0.6 is 0 Å². The number of nitrogens with one attached hydrogen (secondary N) is 2. The van der Waals surface area contributed by atoms with Crippen LogP contribution in [0.25, 0.3) is 0 Å². The minimum absolute atomic E-state index is 0.0121. The number of carbonyl (C=O) groups excluding carboxylic acids is 2. The largest absolute Gasteiger partial charge is 0.483 e. The van der Waals surface area contributed by atoms with E-state index in [1.54, 1.807) is 0 Å². The molecule has 8 heteroatoms. The summed E-state index contributed by atoms with van der Waals surface area (Å²) >= 11 is 0. The van der Waals surface area contributed by atoms with Gasteiger partial charge in [-0.25, -0.2) is 0 Å². The number of ether oxygens (including phenoxy) is 1. The standard InChI is InChI=1S/C22H31N3O3.CH2O2/c26-20(19-9-6-14-28-19)24-18-15-22(11-4-5-13-25(22)16-18)21(27)23-12-10-17-7-2-1-3-8-17;2-1-3/h1-3,7-8,18-19H,4-6,9-16H2,(H,23,27)(H,24,26);1H,(H,2,3)/t18-,19+,22+;/m0./s1. The van der Waals surface area contributed by atoms with Gasteiger partial charge in [0.25, 0.3) is 6.47 Å². The molecule has 0 unspecified atom stereocenters. The van der Waals surface area contributed by atoms with Crippen LogP contribution in [0.15, 0.2) is 30.3 Å². The van der Waals surface area contributed by atoms with Crippen molar-refractivity contribution in [3.8, 4) is 0 Å². The maximum Gasteiger partial charge on any atom is 0.290 e. The highest BCUT2D eigenvalue weighted by Gasteiger charge is 2.52. The number of hydrogen-bond acceptors (Lipinski definition) is 5. The second-order valence-corrected chi connectivity index (χ2v) is 8.44. The zero-order chi connectivity index (χ0) is 22.1. The number of nitrogens with zero attached hydrogens (tertiary/aromatic N) is 1. The van der Waals surface area contributed by atoms with Gasteiger partial charge in [-0.15, -0.1) is 0 Å². The van der Waals surface area contributed by atoms with Gasteiger partial charge in [-0.3, -0.25) is 19.3 Å². The molecule has 3 N–H and O–H groups in total. The Kier molecular flexibility index (Phi) is 8.43. The third kappa shape index (κ3) is 5.83. The summed E-state index contributed by atoms with van der Waals surface area (Å²) in [6.45, 7) is 2.75. The molecule has 3 aliphatic heterocycles. The van der Waals surface area contributed by atoms with E-state index >= 15 is 0 Å². The van der Waals surface area contributed by atoms with E-state index in [0.29, 0.717) is 19.6 Å². The van der Waals surface area contributed by atoms with E-state index in [0.717, 1.165) is 51.6 Å². The number of carbonyl (C=O) groups is 3. The van der Waals surface area contributed by atoms with Crippen molar-refractivity contribution in [1.29, 1.82) is 0 Å². The van der Waals surface area contributed by atoms with Crippen molar-refractivity contribution in [1.82, 2.24) is 15.5 Å². The highest BCUT2D eigenvalue weighted by Crippen LogP contribution is 2.38. The third-order valence-corrected chi connectivity index (χ3v) is 6.43. The number of amides is 2. The summed E-state index contributed by atoms with van der Waals surface area (Å²) in [6, 6.07) is 10.3. The lowest BCUT2D eigenvalue weighted by molar-refractivity contribution is -0.134. The van der Waals surface area contributed by atoms with E-state index < -0.39 is 5.54 Å². The summed E-state index contributed by atoms with van der Waals surface area (Å²) in [5.41, 5.74) is 0.762. The molecule has 8 nitrogen and oxygen atoms in total. The van der Waals surface area contributed by atoms with Crippen LogP contribution in [-0.2, 0) is 25.5 Å². The first-order chi connectivity index (χ1) is 15.1. The number of piperidine rings is 1. The fourth-order valence-electron chi connectivity index (χ4n) is 4.98. The highest BCUT2D eigenvalue weighted by atomic mass is 16.5. The fraction of sp³-hybridized carbons (Fsp3) is 0.609. The topological polar surface area (TPSA) is 108 Å². The smallest absolute Gasteiger partial charge is 0.290 e. The van der Waals surface area contributed by atoms with Crippen molar-refractivity contribution in [2.45, 2.75) is 62.6 Å².